The summed E-state index contributed by atoms with van der Waals surface area (Å²) in [5.41, 5.74) is -1.19. The fourth-order valence-electron chi connectivity index (χ4n) is 1.78. The van der Waals surface area contributed by atoms with E-state index in [0.717, 1.165) is 16.7 Å². The first-order valence-corrected chi connectivity index (χ1v) is 10.4. The molecule has 0 aromatic carbocycles. The molecule has 152 valence electrons. The zero-order valence-electron chi connectivity index (χ0n) is 15.0. The molecule has 0 fully saturated rings. The van der Waals surface area contributed by atoms with E-state index in [0.29, 0.717) is 23.9 Å². The van der Waals surface area contributed by atoms with Crippen molar-refractivity contribution in [3.05, 3.63) is 16.1 Å². The predicted octanol–water partition coefficient (Wildman–Crippen LogP) is 2.91. The lowest BCUT2D eigenvalue weighted by atomic mass is 9.90. The van der Waals surface area contributed by atoms with E-state index in [1.165, 1.54) is 6.26 Å². The van der Waals surface area contributed by atoms with Gasteiger partial charge in [-0.3, -0.25) is 4.99 Å². The number of rotatable bonds is 7. The van der Waals surface area contributed by atoms with Gasteiger partial charge in [0.05, 0.1) is 12.3 Å². The van der Waals surface area contributed by atoms with Gasteiger partial charge in [-0.1, -0.05) is 13.8 Å². The van der Waals surface area contributed by atoms with Crippen molar-refractivity contribution < 1.29 is 21.6 Å². The van der Waals surface area contributed by atoms with Crippen molar-refractivity contribution in [3.63, 3.8) is 0 Å². The number of halogens is 4. The van der Waals surface area contributed by atoms with Gasteiger partial charge in [-0.25, -0.2) is 13.4 Å². The molecule has 1 aromatic heterocycles. The van der Waals surface area contributed by atoms with Crippen LogP contribution in [-0.2, 0) is 22.6 Å². The SMILES string of the molecule is CN=C(NCc1nc(C(F)(F)F)cs1)NCC(C)(C)CCS(C)(=O)=O.I. The maximum absolute atomic E-state index is 12.5. The monoisotopic (exact) mass is 528 g/mol. The van der Waals surface area contributed by atoms with E-state index in [4.69, 9.17) is 0 Å². The van der Waals surface area contributed by atoms with Crippen molar-refractivity contribution in [1.29, 1.82) is 0 Å². The van der Waals surface area contributed by atoms with Gasteiger partial charge in [0.15, 0.2) is 11.7 Å². The zero-order chi connectivity index (χ0) is 19.3. The second-order valence-electron chi connectivity index (χ2n) is 6.45. The van der Waals surface area contributed by atoms with Gasteiger partial charge in [-0.05, 0) is 11.8 Å². The van der Waals surface area contributed by atoms with E-state index >= 15 is 0 Å². The second-order valence-corrected chi connectivity index (χ2v) is 9.65. The molecule has 0 aliphatic carbocycles. The molecule has 0 radical (unpaired) electrons. The third kappa shape index (κ3) is 9.90. The highest BCUT2D eigenvalue weighted by atomic mass is 127. The highest BCUT2D eigenvalue weighted by Gasteiger charge is 2.33. The molecule has 0 spiro atoms. The van der Waals surface area contributed by atoms with Crippen LogP contribution >= 0.6 is 35.3 Å². The minimum atomic E-state index is -4.45. The van der Waals surface area contributed by atoms with Gasteiger partial charge in [-0.15, -0.1) is 35.3 Å². The average Bonchev–Trinajstić information content (AvgIpc) is 2.94. The summed E-state index contributed by atoms with van der Waals surface area (Å²) < 4.78 is 60.1. The van der Waals surface area contributed by atoms with Gasteiger partial charge in [0, 0.05) is 25.2 Å². The molecule has 6 nitrogen and oxygen atoms in total. The molecule has 0 amide bonds. The van der Waals surface area contributed by atoms with Gasteiger partial charge in [0.2, 0.25) is 0 Å². The van der Waals surface area contributed by atoms with Gasteiger partial charge in [0.25, 0.3) is 0 Å². The van der Waals surface area contributed by atoms with Crippen molar-refractivity contribution in [2.24, 2.45) is 10.4 Å². The summed E-state index contributed by atoms with van der Waals surface area (Å²) in [6.07, 6.45) is -2.77. The number of hydrogen-bond donors (Lipinski definition) is 2. The van der Waals surface area contributed by atoms with Crippen molar-refractivity contribution in [2.75, 3.05) is 25.6 Å². The lowest BCUT2D eigenvalue weighted by molar-refractivity contribution is -0.140. The molecule has 0 aliphatic rings. The van der Waals surface area contributed by atoms with E-state index in [9.17, 15) is 21.6 Å². The Labute approximate surface area is 173 Å². The van der Waals surface area contributed by atoms with E-state index < -0.39 is 21.7 Å². The molecule has 0 unspecified atom stereocenters. The standard InChI is InChI=1S/C14H23F3N4O2S2.HI/c1-13(2,5-6-25(4,22)23)9-20-12(18-3)19-7-11-21-10(8-24-11)14(15,16)17;/h8H,5-7,9H2,1-4H3,(H2,18,19,20);1H. The Bertz CT molecular complexity index is 703. The molecule has 0 aliphatic heterocycles. The number of alkyl halides is 3. The molecular weight excluding hydrogens is 504 g/mol. The maximum atomic E-state index is 12.5. The van der Waals surface area contributed by atoms with Crippen molar-refractivity contribution in [1.82, 2.24) is 15.6 Å². The van der Waals surface area contributed by atoms with Crippen LogP contribution in [0.25, 0.3) is 0 Å². The summed E-state index contributed by atoms with van der Waals surface area (Å²) in [6, 6.07) is 0. The summed E-state index contributed by atoms with van der Waals surface area (Å²) in [5.74, 6) is 0.503. The van der Waals surface area contributed by atoms with E-state index in [-0.39, 0.29) is 41.7 Å². The number of guanidine groups is 1. The van der Waals surface area contributed by atoms with E-state index in [2.05, 4.69) is 20.6 Å². The zero-order valence-corrected chi connectivity index (χ0v) is 18.9. The first-order valence-electron chi connectivity index (χ1n) is 7.46. The van der Waals surface area contributed by atoms with Gasteiger partial charge in [0.1, 0.15) is 14.8 Å². The van der Waals surface area contributed by atoms with E-state index in [1.807, 2.05) is 13.8 Å². The van der Waals surface area contributed by atoms with Crippen LogP contribution < -0.4 is 10.6 Å². The normalized spacial score (nSPS) is 13.3. The lowest BCUT2D eigenvalue weighted by Crippen LogP contribution is -2.42. The number of thiazole rings is 1. The number of sulfone groups is 1. The molecule has 0 bridgehead atoms. The van der Waals surface area contributed by atoms with Crippen molar-refractivity contribution >= 4 is 51.1 Å². The second kappa shape index (κ2) is 10.1. The largest absolute Gasteiger partial charge is 0.434 e. The van der Waals surface area contributed by atoms with Crippen LogP contribution in [0.4, 0.5) is 13.2 Å². The summed E-state index contributed by atoms with van der Waals surface area (Å²) in [7, 11) is -1.49. The van der Waals surface area contributed by atoms with Crippen LogP contribution in [-0.4, -0.2) is 45.0 Å². The summed E-state index contributed by atoms with van der Waals surface area (Å²) in [6.45, 7) is 4.43. The lowest BCUT2D eigenvalue weighted by Gasteiger charge is -2.25. The number of nitrogens with one attached hydrogen (secondary N) is 2. The van der Waals surface area contributed by atoms with E-state index in [1.54, 1.807) is 7.05 Å². The maximum Gasteiger partial charge on any atom is 0.434 e. The third-order valence-electron chi connectivity index (χ3n) is 3.36. The number of hydrogen-bond acceptors (Lipinski definition) is 5. The fraction of sp³-hybridized carbons (Fsp3) is 0.714. The minimum absolute atomic E-state index is 0. The number of aromatic nitrogens is 1. The van der Waals surface area contributed by atoms with Crippen molar-refractivity contribution in [3.8, 4) is 0 Å². The summed E-state index contributed by atoms with van der Waals surface area (Å²) in [5, 5.41) is 7.22. The van der Waals surface area contributed by atoms with Gasteiger partial charge < -0.3 is 10.6 Å². The van der Waals surface area contributed by atoms with Crippen LogP contribution in [0, 0.1) is 5.41 Å². The Morgan fingerprint density at radius 1 is 1.31 bits per heavy atom. The van der Waals surface area contributed by atoms with Crippen LogP contribution in [0.5, 0.6) is 0 Å². The Morgan fingerprint density at radius 3 is 2.38 bits per heavy atom. The number of aliphatic imine (C=N–C) groups is 1. The molecule has 1 heterocycles. The molecule has 2 N–H and O–H groups in total. The predicted molar refractivity (Wildman–Crippen MR) is 109 cm³/mol. The molecule has 0 atom stereocenters. The average molecular weight is 528 g/mol. The first kappa shape index (κ1) is 25.4. The molecule has 0 saturated heterocycles. The highest BCUT2D eigenvalue weighted by molar-refractivity contribution is 14.0. The Morgan fingerprint density at radius 2 is 1.92 bits per heavy atom. The Balaban J connectivity index is 0.00000625. The number of nitrogens with zero attached hydrogens (tertiary/aromatic N) is 2. The minimum Gasteiger partial charge on any atom is -0.356 e. The molecule has 26 heavy (non-hydrogen) atoms. The summed E-state index contributed by atoms with van der Waals surface area (Å²) >= 11 is 0.920. The van der Waals surface area contributed by atoms with Gasteiger partial charge in [-0.2, -0.15) is 13.2 Å². The Hall–Kier alpha value is -0.630. The highest BCUT2D eigenvalue weighted by Crippen LogP contribution is 2.29. The first-order chi connectivity index (χ1) is 11.3. The molecule has 12 heteroatoms. The molecule has 0 saturated carbocycles. The molecule has 1 rings (SSSR count). The quantitative estimate of drug-likeness (QED) is 0.323. The van der Waals surface area contributed by atoms with Crippen molar-refractivity contribution in [2.45, 2.75) is 33.0 Å². The molecule has 1 aromatic rings. The summed E-state index contributed by atoms with van der Waals surface area (Å²) in [4.78, 5) is 7.54. The van der Waals surface area contributed by atoms with Gasteiger partial charge >= 0.3 is 6.18 Å². The third-order valence-corrected chi connectivity index (χ3v) is 5.15. The topological polar surface area (TPSA) is 83.4 Å². The van der Waals surface area contributed by atoms with Crippen LogP contribution in [0.3, 0.4) is 0 Å². The van der Waals surface area contributed by atoms with Crippen LogP contribution in [0.1, 0.15) is 31.0 Å². The smallest absolute Gasteiger partial charge is 0.356 e. The van der Waals surface area contributed by atoms with Crippen LogP contribution in [0.15, 0.2) is 10.4 Å². The fourth-order valence-corrected chi connectivity index (χ4v) is 3.44. The molecular formula is C14H24F3IN4O2S2. The Kier molecular flexibility index (Phi) is 9.82. The van der Waals surface area contributed by atoms with Crippen LogP contribution in [0.2, 0.25) is 0 Å².